The van der Waals surface area contributed by atoms with Crippen LogP contribution in [0.25, 0.3) is 0 Å². The molecule has 0 aliphatic rings. The zero-order valence-corrected chi connectivity index (χ0v) is 18.7. The van der Waals surface area contributed by atoms with Gasteiger partial charge in [-0.25, -0.2) is 4.98 Å². The number of nitriles is 2. The van der Waals surface area contributed by atoms with Crippen LogP contribution in [0.4, 0.5) is 33.7 Å². The maximum absolute atomic E-state index is 9.88. The van der Waals surface area contributed by atoms with Gasteiger partial charge >= 0.3 is 0 Å². The fourth-order valence-electron chi connectivity index (χ4n) is 3.10. The Balaban J connectivity index is 1.83. The summed E-state index contributed by atoms with van der Waals surface area (Å²) in [5.41, 5.74) is 3.97. The summed E-state index contributed by atoms with van der Waals surface area (Å²) in [7, 11) is 0. The molecule has 2 N–H and O–H groups in total. The van der Waals surface area contributed by atoms with Crippen molar-refractivity contribution in [2.24, 2.45) is 10.2 Å². The molecule has 4 rings (SSSR count). The number of azo groups is 1. The van der Waals surface area contributed by atoms with Crippen molar-refractivity contribution in [2.75, 3.05) is 10.6 Å². The van der Waals surface area contributed by atoms with Crippen molar-refractivity contribution >= 4 is 45.2 Å². The van der Waals surface area contributed by atoms with Gasteiger partial charge < -0.3 is 10.6 Å². The van der Waals surface area contributed by atoms with Gasteiger partial charge in [-0.05, 0) is 49.6 Å². The number of aromatic nitrogens is 2. The summed E-state index contributed by atoms with van der Waals surface area (Å²) in [6.07, 6.45) is 0. The average molecular weight is 451 g/mol. The van der Waals surface area contributed by atoms with Crippen LogP contribution < -0.4 is 10.6 Å². The molecule has 9 heteroatoms. The Kier molecular flexibility index (Phi) is 6.35. The van der Waals surface area contributed by atoms with Gasteiger partial charge in [0.15, 0.2) is 16.6 Å². The molecule has 8 nitrogen and oxygen atoms in total. The third kappa shape index (κ3) is 4.69. The first-order valence-electron chi connectivity index (χ1n) is 9.97. The van der Waals surface area contributed by atoms with Gasteiger partial charge in [0, 0.05) is 16.9 Å². The number of nitrogens with one attached hydrogen (secondary N) is 2. The molecule has 0 aliphatic carbocycles. The minimum absolute atomic E-state index is 0.354. The van der Waals surface area contributed by atoms with E-state index in [0.29, 0.717) is 44.7 Å². The third-order valence-corrected chi connectivity index (χ3v) is 5.62. The number of anilines is 4. The van der Waals surface area contributed by atoms with Gasteiger partial charge in [0.25, 0.3) is 0 Å². The molecule has 2 aromatic carbocycles. The molecule has 0 fully saturated rings. The summed E-state index contributed by atoms with van der Waals surface area (Å²) >= 11 is 1.10. The highest BCUT2D eigenvalue weighted by atomic mass is 32.1. The van der Waals surface area contributed by atoms with Gasteiger partial charge in [0.2, 0.25) is 0 Å². The molecule has 0 spiro atoms. The minimum atomic E-state index is 0.354. The number of hydrogen-bond acceptors (Lipinski definition) is 9. The van der Waals surface area contributed by atoms with E-state index in [1.165, 1.54) is 0 Å². The molecule has 0 saturated heterocycles. The fraction of sp³-hybridized carbons (Fsp3) is 0.0833. The first-order chi connectivity index (χ1) is 16.1. The normalized spacial score (nSPS) is 10.5. The van der Waals surface area contributed by atoms with Crippen LogP contribution in [-0.2, 0) is 0 Å². The second-order valence-corrected chi connectivity index (χ2v) is 7.76. The van der Waals surface area contributed by atoms with E-state index in [1.54, 1.807) is 13.8 Å². The van der Waals surface area contributed by atoms with Crippen LogP contribution in [0.2, 0.25) is 0 Å². The van der Waals surface area contributed by atoms with Crippen molar-refractivity contribution in [3.8, 4) is 12.1 Å². The SMILES string of the molecule is Cc1nsc(N=Nc2c(Nc3ccccc3)nc(Nc3ccccc3)c(C#N)c2C)c1C#N. The molecule has 0 radical (unpaired) electrons. The third-order valence-electron chi connectivity index (χ3n) is 4.80. The predicted molar refractivity (Wildman–Crippen MR) is 129 cm³/mol. The van der Waals surface area contributed by atoms with E-state index < -0.39 is 0 Å². The average Bonchev–Trinajstić information content (AvgIpc) is 3.19. The highest BCUT2D eigenvalue weighted by Gasteiger charge is 2.19. The molecule has 0 unspecified atom stereocenters. The zero-order valence-electron chi connectivity index (χ0n) is 17.9. The fourth-order valence-corrected chi connectivity index (χ4v) is 3.77. The second-order valence-electron chi connectivity index (χ2n) is 7.01. The molecule has 160 valence electrons. The van der Waals surface area contributed by atoms with Crippen molar-refractivity contribution in [3.63, 3.8) is 0 Å². The van der Waals surface area contributed by atoms with Gasteiger partial charge in [-0.15, -0.1) is 10.2 Å². The highest BCUT2D eigenvalue weighted by Crippen LogP contribution is 2.38. The Morgan fingerprint density at radius 1 is 0.788 bits per heavy atom. The van der Waals surface area contributed by atoms with Crippen LogP contribution in [0, 0.1) is 36.5 Å². The molecule has 2 aromatic heterocycles. The molecule has 0 amide bonds. The second kappa shape index (κ2) is 9.69. The van der Waals surface area contributed by atoms with Crippen LogP contribution in [0.15, 0.2) is 70.9 Å². The number of rotatable bonds is 6. The van der Waals surface area contributed by atoms with Crippen molar-refractivity contribution in [2.45, 2.75) is 13.8 Å². The van der Waals surface area contributed by atoms with Gasteiger partial charge in [-0.1, -0.05) is 36.4 Å². The van der Waals surface area contributed by atoms with Gasteiger partial charge in [0.05, 0.1) is 11.3 Å². The molecule has 33 heavy (non-hydrogen) atoms. The number of nitrogens with zero attached hydrogens (tertiary/aromatic N) is 6. The number of hydrogen-bond donors (Lipinski definition) is 2. The Labute approximate surface area is 195 Å². The largest absolute Gasteiger partial charge is 0.339 e. The topological polar surface area (TPSA) is 122 Å². The summed E-state index contributed by atoms with van der Waals surface area (Å²) in [6.45, 7) is 3.55. The van der Waals surface area contributed by atoms with E-state index in [-0.39, 0.29) is 0 Å². The standard InChI is InChI=1S/C24H18N8S/c1-15-19(13-25)22(27-17-9-5-3-6-10-17)29-23(28-18-11-7-4-8-12-18)21(15)30-31-24-20(14-26)16(2)32-33-24/h3-12H,1-2H3,(H2,27,28,29). The molecule has 0 saturated carbocycles. The lowest BCUT2D eigenvalue weighted by Gasteiger charge is -2.15. The maximum atomic E-state index is 9.88. The summed E-state index contributed by atoms with van der Waals surface area (Å²) in [4.78, 5) is 4.68. The first-order valence-corrected chi connectivity index (χ1v) is 10.7. The summed E-state index contributed by atoms with van der Waals surface area (Å²) in [5.74, 6) is 0.838. The van der Waals surface area contributed by atoms with E-state index in [0.717, 1.165) is 22.9 Å². The maximum Gasteiger partial charge on any atom is 0.176 e. The first kappa shape index (κ1) is 21.6. The van der Waals surface area contributed by atoms with Crippen molar-refractivity contribution in [1.82, 2.24) is 9.36 Å². The van der Waals surface area contributed by atoms with E-state index >= 15 is 0 Å². The van der Waals surface area contributed by atoms with Crippen molar-refractivity contribution < 1.29 is 0 Å². The van der Waals surface area contributed by atoms with Crippen LogP contribution in [0.5, 0.6) is 0 Å². The van der Waals surface area contributed by atoms with E-state index in [2.05, 4.69) is 42.4 Å². The zero-order chi connectivity index (χ0) is 23.2. The molecule has 0 aliphatic heterocycles. The van der Waals surface area contributed by atoms with Crippen LogP contribution >= 0.6 is 11.5 Å². The molecule has 2 heterocycles. The molecular formula is C24H18N8S. The Bertz CT molecular complexity index is 1400. The smallest absolute Gasteiger partial charge is 0.176 e. The van der Waals surface area contributed by atoms with Gasteiger partial charge in [-0.3, -0.25) is 0 Å². The van der Waals surface area contributed by atoms with Crippen LogP contribution in [0.1, 0.15) is 22.4 Å². The lowest BCUT2D eigenvalue weighted by Crippen LogP contribution is -2.04. The Morgan fingerprint density at radius 3 is 1.94 bits per heavy atom. The van der Waals surface area contributed by atoms with Crippen LogP contribution in [-0.4, -0.2) is 9.36 Å². The number of para-hydroxylation sites is 2. The van der Waals surface area contributed by atoms with E-state index in [4.69, 9.17) is 0 Å². The van der Waals surface area contributed by atoms with Crippen molar-refractivity contribution in [1.29, 1.82) is 10.5 Å². The number of aryl methyl sites for hydroxylation is 1. The molecule has 0 bridgehead atoms. The number of benzene rings is 2. The Morgan fingerprint density at radius 2 is 1.36 bits per heavy atom. The lowest BCUT2D eigenvalue weighted by molar-refractivity contribution is 1.16. The summed E-state index contributed by atoms with van der Waals surface area (Å²) in [6, 6.07) is 23.4. The van der Waals surface area contributed by atoms with E-state index in [1.807, 2.05) is 60.7 Å². The highest BCUT2D eigenvalue weighted by molar-refractivity contribution is 7.10. The summed E-state index contributed by atoms with van der Waals surface area (Å²) in [5, 5.41) is 34.8. The summed E-state index contributed by atoms with van der Waals surface area (Å²) < 4.78 is 4.18. The molecule has 0 atom stereocenters. The van der Waals surface area contributed by atoms with Gasteiger partial charge in [-0.2, -0.15) is 14.9 Å². The minimum Gasteiger partial charge on any atom is -0.339 e. The lowest BCUT2D eigenvalue weighted by atomic mass is 10.1. The van der Waals surface area contributed by atoms with E-state index in [9.17, 15) is 10.5 Å². The molecular weight excluding hydrogens is 432 g/mol. The van der Waals surface area contributed by atoms with Gasteiger partial charge in [0.1, 0.15) is 23.4 Å². The predicted octanol–water partition coefficient (Wildman–Crippen LogP) is 6.80. The quantitative estimate of drug-likeness (QED) is 0.311. The number of pyridine rings is 1. The molecule has 4 aromatic rings. The van der Waals surface area contributed by atoms with Crippen LogP contribution in [0.3, 0.4) is 0 Å². The Hall–Kier alpha value is -4.60. The monoisotopic (exact) mass is 450 g/mol. The van der Waals surface area contributed by atoms with Crippen molar-refractivity contribution in [3.05, 3.63) is 83.0 Å².